The smallest absolute Gasteiger partial charge is 0.250 e. The monoisotopic (exact) mass is 434 g/mol. The molecule has 1 saturated heterocycles. The Bertz CT molecular complexity index is 1210. The first-order valence-electron chi connectivity index (χ1n) is 10.9. The van der Waals surface area contributed by atoms with Gasteiger partial charge in [-0.05, 0) is 32.8 Å². The number of nitrogens with zero attached hydrogens (tertiary/aromatic N) is 5. The molecule has 32 heavy (non-hydrogen) atoms. The van der Waals surface area contributed by atoms with Crippen molar-refractivity contribution >= 4 is 11.9 Å². The number of halogens is 1. The van der Waals surface area contributed by atoms with Gasteiger partial charge in [0.15, 0.2) is 5.82 Å². The molecule has 0 atom stereocenters. The number of piperidine rings is 1. The van der Waals surface area contributed by atoms with Crippen LogP contribution in [-0.4, -0.2) is 45.1 Å². The zero-order chi connectivity index (χ0) is 22.5. The Morgan fingerprint density at radius 3 is 2.66 bits per heavy atom. The molecule has 8 heteroatoms. The number of aromatic amines is 1. The molecule has 0 spiro atoms. The molecule has 3 aromatic rings. The third-order valence-corrected chi connectivity index (χ3v) is 6.68. The van der Waals surface area contributed by atoms with Crippen LogP contribution in [0, 0.1) is 12.7 Å². The Hall–Kier alpha value is -3.29. The van der Waals surface area contributed by atoms with Crippen LogP contribution in [0.5, 0.6) is 5.88 Å². The molecule has 1 aliphatic heterocycles. The lowest BCUT2D eigenvalue weighted by Crippen LogP contribution is -2.42. The third kappa shape index (κ3) is 3.43. The Morgan fingerprint density at radius 2 is 1.94 bits per heavy atom. The predicted octanol–water partition coefficient (Wildman–Crippen LogP) is 4.24. The quantitative estimate of drug-likeness (QED) is 0.662. The fourth-order valence-corrected chi connectivity index (χ4v) is 4.70. The molecular weight excluding hydrogens is 407 g/mol. The Kier molecular flexibility index (Phi) is 4.95. The van der Waals surface area contributed by atoms with Crippen LogP contribution in [0.15, 0.2) is 24.2 Å². The lowest BCUT2D eigenvalue weighted by Gasteiger charge is -2.39. The molecule has 0 bridgehead atoms. The fraction of sp³-hybridized carbons (Fsp3) is 0.417. The summed E-state index contributed by atoms with van der Waals surface area (Å²) >= 11 is 0. The first-order chi connectivity index (χ1) is 15.4. The summed E-state index contributed by atoms with van der Waals surface area (Å²) in [4.78, 5) is 23.8. The number of H-pyrrole nitrogens is 1. The summed E-state index contributed by atoms with van der Waals surface area (Å²) in [6.07, 6.45) is 8.28. The highest BCUT2D eigenvalue weighted by atomic mass is 19.1. The fourth-order valence-electron chi connectivity index (χ4n) is 4.70. The van der Waals surface area contributed by atoms with Crippen LogP contribution in [0.25, 0.3) is 17.3 Å². The highest BCUT2D eigenvalue weighted by Gasteiger charge is 2.36. The number of aromatic nitrogens is 5. The van der Waals surface area contributed by atoms with E-state index in [-0.39, 0.29) is 11.3 Å². The number of aryl methyl sites for hydroxylation is 1. The number of methoxy groups -OCH3 is 1. The van der Waals surface area contributed by atoms with Gasteiger partial charge in [0.05, 0.1) is 18.5 Å². The Balaban J connectivity index is 1.37. The molecule has 1 fully saturated rings. The molecule has 0 aromatic carbocycles. The van der Waals surface area contributed by atoms with Crippen molar-refractivity contribution in [3.05, 3.63) is 52.8 Å². The second-order valence-electron chi connectivity index (χ2n) is 9.05. The predicted molar refractivity (Wildman–Crippen MR) is 121 cm³/mol. The third-order valence-electron chi connectivity index (χ3n) is 6.68. The average molecular weight is 435 g/mol. The van der Waals surface area contributed by atoms with Crippen molar-refractivity contribution < 1.29 is 9.13 Å². The van der Waals surface area contributed by atoms with Crippen LogP contribution in [0.1, 0.15) is 49.5 Å². The van der Waals surface area contributed by atoms with Crippen LogP contribution < -0.4 is 9.64 Å². The minimum atomic E-state index is -0.491. The van der Waals surface area contributed by atoms with Gasteiger partial charge in [-0.25, -0.2) is 24.3 Å². The molecule has 0 amide bonds. The van der Waals surface area contributed by atoms with E-state index in [1.165, 1.54) is 24.3 Å². The number of pyridine rings is 1. The van der Waals surface area contributed by atoms with Crippen LogP contribution in [-0.2, 0) is 11.8 Å². The summed E-state index contributed by atoms with van der Waals surface area (Å²) in [5.74, 6) is 1.47. The van der Waals surface area contributed by atoms with Crippen LogP contribution in [0.3, 0.4) is 0 Å². The van der Waals surface area contributed by atoms with E-state index in [0.29, 0.717) is 5.56 Å². The van der Waals surface area contributed by atoms with Crippen molar-refractivity contribution in [1.82, 2.24) is 24.9 Å². The van der Waals surface area contributed by atoms with Crippen molar-refractivity contribution in [2.75, 3.05) is 25.1 Å². The molecular formula is C24H27FN6O. The first kappa shape index (κ1) is 20.6. The van der Waals surface area contributed by atoms with Crippen LogP contribution >= 0.6 is 0 Å². The van der Waals surface area contributed by atoms with E-state index >= 15 is 0 Å². The lowest BCUT2D eigenvalue weighted by atomic mass is 9.79. The van der Waals surface area contributed by atoms with Gasteiger partial charge in [0.2, 0.25) is 5.88 Å². The van der Waals surface area contributed by atoms with E-state index in [1.54, 1.807) is 12.5 Å². The van der Waals surface area contributed by atoms with E-state index in [1.807, 2.05) is 6.92 Å². The number of ether oxygens (including phenoxy) is 1. The van der Waals surface area contributed by atoms with E-state index in [9.17, 15) is 4.39 Å². The number of anilines is 1. The van der Waals surface area contributed by atoms with Crippen molar-refractivity contribution in [3.63, 3.8) is 0 Å². The van der Waals surface area contributed by atoms with E-state index < -0.39 is 5.82 Å². The zero-order valence-corrected chi connectivity index (χ0v) is 18.9. The Morgan fingerprint density at radius 1 is 1.16 bits per heavy atom. The molecule has 166 valence electrons. The van der Waals surface area contributed by atoms with Crippen molar-refractivity contribution in [1.29, 1.82) is 0 Å². The van der Waals surface area contributed by atoms with Gasteiger partial charge < -0.3 is 14.6 Å². The molecule has 5 rings (SSSR count). The summed E-state index contributed by atoms with van der Waals surface area (Å²) in [6.45, 7) is 8.13. The number of imidazole rings is 1. The normalized spacial score (nSPS) is 17.3. The number of nitrogens with one attached hydrogen (secondary N) is 1. The summed E-state index contributed by atoms with van der Waals surface area (Å²) in [5, 5.41) is 0. The van der Waals surface area contributed by atoms with Crippen LogP contribution in [0.4, 0.5) is 10.2 Å². The molecule has 1 N–H and O–H groups in total. The summed E-state index contributed by atoms with van der Waals surface area (Å²) in [7, 11) is 1.41. The molecule has 7 nitrogen and oxygen atoms in total. The number of allylic oxidation sites excluding steroid dienone is 1. The zero-order valence-electron chi connectivity index (χ0n) is 18.9. The topological polar surface area (TPSA) is 79.8 Å². The number of hydrogen-bond donors (Lipinski definition) is 1. The second-order valence-corrected chi connectivity index (χ2v) is 9.05. The van der Waals surface area contributed by atoms with E-state index in [0.717, 1.165) is 61.1 Å². The lowest BCUT2D eigenvalue weighted by molar-refractivity contribution is 0.345. The maximum absolute atomic E-state index is 14.2. The number of hydrogen-bond acceptors (Lipinski definition) is 6. The highest BCUT2D eigenvalue weighted by Crippen LogP contribution is 2.38. The molecule has 4 heterocycles. The average Bonchev–Trinajstić information content (AvgIpc) is 3.36. The standard InChI is InChI=1S/C24H27FN6O/c1-14-9-17-19(10-14)27-13-28-21(17)31-7-5-24(3,6-8-31)23-29-15(2)20(30-23)16-11-18(25)22(32-4)26-12-16/h9,11-13H,5-8,10H2,1-4H3,(H,29,30). The van der Waals surface area contributed by atoms with Gasteiger partial charge in [0.25, 0.3) is 0 Å². The SMILES string of the molecule is COc1ncc(-c2nc(C3(C)CCN(c4ncnc5c4C=C(C)C5)CC3)[nH]c2C)cc1F. The minimum Gasteiger partial charge on any atom is -0.479 e. The van der Waals surface area contributed by atoms with Gasteiger partial charge in [-0.1, -0.05) is 18.6 Å². The number of fused-ring (bicyclic) bond motifs is 1. The van der Waals surface area contributed by atoms with Gasteiger partial charge in [0.1, 0.15) is 18.0 Å². The second kappa shape index (κ2) is 7.69. The Labute approximate surface area is 186 Å². The molecule has 3 aromatic heterocycles. The van der Waals surface area contributed by atoms with Gasteiger partial charge in [0, 0.05) is 47.9 Å². The maximum Gasteiger partial charge on any atom is 0.250 e. The van der Waals surface area contributed by atoms with Gasteiger partial charge in [-0.3, -0.25) is 0 Å². The summed E-state index contributed by atoms with van der Waals surface area (Å²) in [5.41, 5.74) is 5.79. The minimum absolute atomic E-state index is 0.0114. The largest absolute Gasteiger partial charge is 0.479 e. The number of rotatable bonds is 4. The van der Waals surface area contributed by atoms with E-state index in [4.69, 9.17) is 9.72 Å². The van der Waals surface area contributed by atoms with Gasteiger partial charge in [-0.2, -0.15) is 0 Å². The van der Waals surface area contributed by atoms with Crippen molar-refractivity contribution in [2.24, 2.45) is 0 Å². The van der Waals surface area contributed by atoms with Gasteiger partial charge in [-0.15, -0.1) is 0 Å². The van der Waals surface area contributed by atoms with E-state index in [2.05, 4.69) is 44.8 Å². The first-order valence-corrected chi connectivity index (χ1v) is 10.9. The van der Waals surface area contributed by atoms with Crippen molar-refractivity contribution in [2.45, 2.75) is 45.4 Å². The molecule has 1 aliphatic carbocycles. The summed E-state index contributed by atoms with van der Waals surface area (Å²) in [6, 6.07) is 1.43. The molecule has 0 radical (unpaired) electrons. The maximum atomic E-state index is 14.2. The van der Waals surface area contributed by atoms with Gasteiger partial charge >= 0.3 is 0 Å². The molecule has 0 unspecified atom stereocenters. The highest BCUT2D eigenvalue weighted by molar-refractivity contribution is 5.72. The molecule has 2 aliphatic rings. The summed E-state index contributed by atoms with van der Waals surface area (Å²) < 4.78 is 19.1. The molecule has 0 saturated carbocycles. The van der Waals surface area contributed by atoms with Crippen molar-refractivity contribution in [3.8, 4) is 17.1 Å². The van der Waals surface area contributed by atoms with Crippen LogP contribution in [0.2, 0.25) is 0 Å².